The molecule has 0 fully saturated rings. The Morgan fingerprint density at radius 1 is 1.20 bits per heavy atom. The number of benzene rings is 2. The molecule has 0 saturated carbocycles. The van der Waals surface area contributed by atoms with Crippen LogP contribution in [0.1, 0.15) is 35.4 Å². The van der Waals surface area contributed by atoms with Gasteiger partial charge in [-0.1, -0.05) is 60.7 Å². The maximum atomic E-state index is 11.1. The van der Waals surface area contributed by atoms with Crippen molar-refractivity contribution in [3.63, 3.8) is 0 Å². The van der Waals surface area contributed by atoms with Gasteiger partial charge in [0.1, 0.15) is 12.4 Å². The molecule has 2 aromatic carbocycles. The van der Waals surface area contributed by atoms with Crippen LogP contribution in [-0.2, 0) is 10.1 Å². The molecule has 0 spiro atoms. The van der Waals surface area contributed by atoms with Crippen molar-refractivity contribution in [1.29, 1.82) is 0 Å². The van der Waals surface area contributed by atoms with Gasteiger partial charge in [0.2, 0.25) is 0 Å². The smallest absolute Gasteiger partial charge is 0.264 e. The SMILES string of the molecule is C=CCOc1ccc(C)cc1C(CCCS(=O)(=O)O)c1ccccc1. The first kappa shape index (κ1) is 19.2. The Balaban J connectivity index is 2.37. The molecule has 5 heteroatoms. The van der Waals surface area contributed by atoms with Gasteiger partial charge < -0.3 is 4.74 Å². The molecule has 0 saturated heterocycles. The van der Waals surface area contributed by atoms with Gasteiger partial charge in [0, 0.05) is 11.5 Å². The minimum Gasteiger partial charge on any atom is -0.489 e. The zero-order chi connectivity index (χ0) is 18.3. The number of rotatable bonds is 9. The highest BCUT2D eigenvalue weighted by Crippen LogP contribution is 2.36. The molecule has 0 aliphatic rings. The summed E-state index contributed by atoms with van der Waals surface area (Å²) in [5, 5.41) is 0. The summed E-state index contributed by atoms with van der Waals surface area (Å²) in [5.41, 5.74) is 3.21. The van der Waals surface area contributed by atoms with Gasteiger partial charge in [-0.15, -0.1) is 0 Å². The zero-order valence-corrected chi connectivity index (χ0v) is 15.2. The average Bonchev–Trinajstić information content (AvgIpc) is 2.57. The Hall–Kier alpha value is -2.11. The van der Waals surface area contributed by atoms with Crippen molar-refractivity contribution in [3.05, 3.63) is 77.9 Å². The molecule has 25 heavy (non-hydrogen) atoms. The van der Waals surface area contributed by atoms with Crippen molar-refractivity contribution >= 4 is 10.1 Å². The highest BCUT2D eigenvalue weighted by Gasteiger charge is 2.19. The summed E-state index contributed by atoms with van der Waals surface area (Å²) in [6.45, 7) is 6.10. The summed E-state index contributed by atoms with van der Waals surface area (Å²) in [5.74, 6) is 0.513. The molecule has 0 aliphatic carbocycles. The standard InChI is InChI=1S/C20H24O4S/c1-3-13-24-20-12-11-16(2)15-19(20)18(10-7-14-25(21,22)23)17-8-5-4-6-9-17/h3-6,8-9,11-12,15,18H,1,7,10,13-14H2,2H3,(H,21,22,23). The van der Waals surface area contributed by atoms with Crippen LogP contribution in [0.2, 0.25) is 0 Å². The van der Waals surface area contributed by atoms with Gasteiger partial charge in [-0.2, -0.15) is 8.42 Å². The second kappa shape index (κ2) is 8.83. The normalized spacial score (nSPS) is 12.6. The average molecular weight is 360 g/mol. The summed E-state index contributed by atoms with van der Waals surface area (Å²) in [6, 6.07) is 15.9. The molecule has 0 bridgehead atoms. The van der Waals surface area contributed by atoms with E-state index in [0.29, 0.717) is 19.4 Å². The van der Waals surface area contributed by atoms with Crippen LogP contribution in [0.4, 0.5) is 0 Å². The third-order valence-corrected chi connectivity index (χ3v) is 4.80. The molecule has 2 rings (SSSR count). The largest absolute Gasteiger partial charge is 0.489 e. The zero-order valence-electron chi connectivity index (χ0n) is 14.4. The molecule has 0 aliphatic heterocycles. The van der Waals surface area contributed by atoms with Gasteiger partial charge in [-0.25, -0.2) is 0 Å². The van der Waals surface area contributed by atoms with E-state index < -0.39 is 10.1 Å². The minimum atomic E-state index is -3.96. The van der Waals surface area contributed by atoms with Crippen LogP contribution in [0.3, 0.4) is 0 Å². The van der Waals surface area contributed by atoms with Crippen molar-refractivity contribution in [3.8, 4) is 5.75 Å². The lowest BCUT2D eigenvalue weighted by Gasteiger charge is -2.21. The fraction of sp³-hybridized carbons (Fsp3) is 0.300. The molecule has 2 aromatic rings. The van der Waals surface area contributed by atoms with Crippen molar-refractivity contribution < 1.29 is 17.7 Å². The van der Waals surface area contributed by atoms with Crippen LogP contribution in [0.15, 0.2) is 61.2 Å². The van der Waals surface area contributed by atoms with Crippen LogP contribution in [0, 0.1) is 6.92 Å². The second-order valence-corrected chi connectivity index (χ2v) is 7.60. The molecule has 0 aromatic heterocycles. The molecule has 0 amide bonds. The van der Waals surface area contributed by atoms with Crippen LogP contribution in [0.5, 0.6) is 5.75 Å². The first-order valence-electron chi connectivity index (χ1n) is 8.25. The highest BCUT2D eigenvalue weighted by molar-refractivity contribution is 7.85. The third-order valence-electron chi connectivity index (χ3n) is 3.99. The van der Waals surface area contributed by atoms with Crippen molar-refractivity contribution in [2.75, 3.05) is 12.4 Å². The Morgan fingerprint density at radius 2 is 1.92 bits per heavy atom. The van der Waals surface area contributed by atoms with Crippen molar-refractivity contribution in [2.24, 2.45) is 0 Å². The molecule has 1 N–H and O–H groups in total. The Labute approximate surface area is 149 Å². The maximum Gasteiger partial charge on any atom is 0.264 e. The molecule has 0 heterocycles. The van der Waals surface area contributed by atoms with E-state index in [1.54, 1.807) is 6.08 Å². The van der Waals surface area contributed by atoms with Crippen LogP contribution < -0.4 is 4.74 Å². The van der Waals surface area contributed by atoms with E-state index in [2.05, 4.69) is 12.6 Å². The monoisotopic (exact) mass is 360 g/mol. The van der Waals surface area contributed by atoms with Gasteiger partial charge >= 0.3 is 0 Å². The van der Waals surface area contributed by atoms with Crippen molar-refractivity contribution in [1.82, 2.24) is 0 Å². The first-order chi connectivity index (χ1) is 11.9. The summed E-state index contributed by atoms with van der Waals surface area (Å²) in [7, 11) is -3.96. The summed E-state index contributed by atoms with van der Waals surface area (Å²) >= 11 is 0. The lowest BCUT2D eigenvalue weighted by atomic mass is 9.86. The quantitative estimate of drug-likeness (QED) is 0.533. The van der Waals surface area contributed by atoms with E-state index in [-0.39, 0.29) is 11.7 Å². The minimum absolute atomic E-state index is 0.0114. The Kier molecular flexibility index (Phi) is 6.79. The Bertz CT molecular complexity index is 798. The molecular weight excluding hydrogens is 336 g/mol. The topological polar surface area (TPSA) is 63.6 Å². The van der Waals surface area contributed by atoms with Crippen molar-refractivity contribution in [2.45, 2.75) is 25.7 Å². The van der Waals surface area contributed by atoms with Crippen LogP contribution in [0.25, 0.3) is 0 Å². The fourth-order valence-electron chi connectivity index (χ4n) is 2.88. The number of hydrogen-bond donors (Lipinski definition) is 1. The highest BCUT2D eigenvalue weighted by atomic mass is 32.2. The van der Waals surface area contributed by atoms with Gasteiger partial charge in [-0.05, 0) is 31.4 Å². The van der Waals surface area contributed by atoms with E-state index in [1.807, 2.05) is 49.4 Å². The summed E-state index contributed by atoms with van der Waals surface area (Å²) in [4.78, 5) is 0. The number of aryl methyl sites for hydroxylation is 1. The molecule has 1 atom stereocenters. The lowest BCUT2D eigenvalue weighted by molar-refractivity contribution is 0.357. The molecule has 0 radical (unpaired) electrons. The van der Waals surface area contributed by atoms with E-state index in [9.17, 15) is 8.42 Å². The Morgan fingerprint density at radius 3 is 2.56 bits per heavy atom. The lowest BCUT2D eigenvalue weighted by Crippen LogP contribution is -2.09. The van der Waals surface area contributed by atoms with Gasteiger partial charge in [0.25, 0.3) is 10.1 Å². The van der Waals surface area contributed by atoms with Crippen LogP contribution >= 0.6 is 0 Å². The van der Waals surface area contributed by atoms with E-state index in [4.69, 9.17) is 9.29 Å². The van der Waals surface area contributed by atoms with E-state index in [0.717, 1.165) is 22.4 Å². The van der Waals surface area contributed by atoms with Gasteiger partial charge in [0.15, 0.2) is 0 Å². The predicted molar refractivity (Wildman–Crippen MR) is 101 cm³/mol. The van der Waals surface area contributed by atoms with Gasteiger partial charge in [0.05, 0.1) is 5.75 Å². The molecule has 4 nitrogen and oxygen atoms in total. The van der Waals surface area contributed by atoms with E-state index >= 15 is 0 Å². The summed E-state index contributed by atoms with van der Waals surface area (Å²) in [6.07, 6.45) is 2.66. The number of ether oxygens (including phenoxy) is 1. The molecule has 1 unspecified atom stereocenters. The fourth-order valence-corrected chi connectivity index (χ4v) is 3.41. The van der Waals surface area contributed by atoms with Crippen LogP contribution in [-0.4, -0.2) is 25.3 Å². The first-order valence-corrected chi connectivity index (χ1v) is 9.86. The predicted octanol–water partition coefficient (Wildman–Crippen LogP) is 4.36. The third kappa shape index (κ3) is 6.03. The second-order valence-electron chi connectivity index (χ2n) is 6.03. The van der Waals surface area contributed by atoms with E-state index in [1.165, 1.54) is 0 Å². The van der Waals surface area contributed by atoms with Gasteiger partial charge in [-0.3, -0.25) is 4.55 Å². The molecule has 134 valence electrons. The maximum absolute atomic E-state index is 11.1. The summed E-state index contributed by atoms with van der Waals surface area (Å²) < 4.78 is 37.0. The number of hydrogen-bond acceptors (Lipinski definition) is 3. The molecular formula is C20H24O4S.